The number of piperidine rings is 1. The van der Waals surface area contributed by atoms with Gasteiger partial charge < -0.3 is 4.90 Å². The van der Waals surface area contributed by atoms with Crippen molar-refractivity contribution in [3.05, 3.63) is 35.9 Å². The molecule has 72 valence electrons. The Hall–Kier alpha value is -1.31. The zero-order valence-electron chi connectivity index (χ0n) is 8.02. The third kappa shape index (κ3) is 1.22. The van der Waals surface area contributed by atoms with E-state index in [9.17, 15) is 4.79 Å². The van der Waals surface area contributed by atoms with Gasteiger partial charge in [-0.2, -0.15) is 0 Å². The molecular formula is C12H13NO. The van der Waals surface area contributed by atoms with Gasteiger partial charge in [-0.05, 0) is 30.4 Å². The predicted octanol–water partition coefficient (Wildman–Crippen LogP) is 1.78. The highest BCUT2D eigenvalue weighted by Crippen LogP contribution is 2.45. The molecule has 2 fully saturated rings. The summed E-state index contributed by atoms with van der Waals surface area (Å²) >= 11 is 0. The minimum absolute atomic E-state index is 0.206. The molecule has 1 aliphatic carbocycles. The summed E-state index contributed by atoms with van der Waals surface area (Å²) in [7, 11) is 0. The molecule has 1 heterocycles. The van der Waals surface area contributed by atoms with Gasteiger partial charge in [0, 0.05) is 18.7 Å². The standard InChI is InChI=1S/C12H13NO/c14-12(9-4-2-1-3-5-9)13-7-10-6-11(10)8-13/h1-5,10-11H,6-8H2. The van der Waals surface area contributed by atoms with Crippen LogP contribution in [-0.2, 0) is 0 Å². The first-order valence-corrected chi connectivity index (χ1v) is 5.19. The summed E-state index contributed by atoms with van der Waals surface area (Å²) < 4.78 is 0. The molecular weight excluding hydrogens is 174 g/mol. The smallest absolute Gasteiger partial charge is 0.253 e. The molecule has 1 aromatic rings. The Morgan fingerprint density at radius 1 is 1.14 bits per heavy atom. The van der Waals surface area contributed by atoms with Crippen LogP contribution in [-0.4, -0.2) is 23.9 Å². The average Bonchev–Trinajstić information content (AvgIpc) is 2.86. The lowest BCUT2D eigenvalue weighted by atomic mass is 10.2. The Labute approximate surface area is 83.5 Å². The van der Waals surface area contributed by atoms with Crippen molar-refractivity contribution in [3.8, 4) is 0 Å². The SMILES string of the molecule is O=C(c1ccccc1)N1CC2CC2C1. The van der Waals surface area contributed by atoms with Crippen molar-refractivity contribution in [2.45, 2.75) is 6.42 Å². The quantitative estimate of drug-likeness (QED) is 0.656. The lowest BCUT2D eigenvalue weighted by Gasteiger charge is -2.17. The van der Waals surface area contributed by atoms with Gasteiger partial charge >= 0.3 is 0 Å². The Morgan fingerprint density at radius 2 is 1.79 bits per heavy atom. The number of carbonyl (C=O) groups excluding carboxylic acids is 1. The lowest BCUT2D eigenvalue weighted by Crippen LogP contribution is -2.30. The van der Waals surface area contributed by atoms with Gasteiger partial charge in [0.25, 0.3) is 5.91 Å². The number of fused-ring (bicyclic) bond motifs is 1. The molecule has 1 saturated heterocycles. The predicted molar refractivity (Wildman–Crippen MR) is 53.9 cm³/mol. The van der Waals surface area contributed by atoms with Crippen molar-refractivity contribution in [2.75, 3.05) is 13.1 Å². The molecule has 2 atom stereocenters. The van der Waals surface area contributed by atoms with Crippen LogP contribution in [0.2, 0.25) is 0 Å². The van der Waals surface area contributed by atoms with E-state index in [1.807, 2.05) is 35.2 Å². The number of carbonyl (C=O) groups is 1. The van der Waals surface area contributed by atoms with Crippen LogP contribution in [0.25, 0.3) is 0 Å². The van der Waals surface area contributed by atoms with Crippen LogP contribution in [0.1, 0.15) is 16.8 Å². The third-order valence-corrected chi connectivity index (χ3v) is 3.29. The van der Waals surface area contributed by atoms with E-state index in [4.69, 9.17) is 0 Å². The summed E-state index contributed by atoms with van der Waals surface area (Å²) in [4.78, 5) is 13.9. The van der Waals surface area contributed by atoms with Crippen LogP contribution in [0.5, 0.6) is 0 Å². The largest absolute Gasteiger partial charge is 0.338 e. The lowest BCUT2D eigenvalue weighted by molar-refractivity contribution is 0.0775. The van der Waals surface area contributed by atoms with Crippen LogP contribution in [0.4, 0.5) is 0 Å². The molecule has 0 N–H and O–H groups in total. The Bertz CT molecular complexity index is 350. The number of benzene rings is 1. The maximum Gasteiger partial charge on any atom is 0.253 e. The van der Waals surface area contributed by atoms with Crippen molar-refractivity contribution in [3.63, 3.8) is 0 Å². The molecule has 2 nitrogen and oxygen atoms in total. The Kier molecular flexibility index (Phi) is 1.63. The molecule has 1 aliphatic heterocycles. The first-order valence-electron chi connectivity index (χ1n) is 5.19. The highest BCUT2D eigenvalue weighted by atomic mass is 16.2. The van der Waals surface area contributed by atoms with Crippen molar-refractivity contribution in [1.29, 1.82) is 0 Å². The van der Waals surface area contributed by atoms with Crippen molar-refractivity contribution in [2.24, 2.45) is 11.8 Å². The summed E-state index contributed by atoms with van der Waals surface area (Å²) in [6, 6.07) is 9.57. The fourth-order valence-corrected chi connectivity index (χ4v) is 2.33. The Balaban J connectivity index is 1.77. The van der Waals surface area contributed by atoms with E-state index in [2.05, 4.69) is 0 Å². The first-order chi connectivity index (χ1) is 6.84. The van der Waals surface area contributed by atoms with Crippen LogP contribution in [0, 0.1) is 11.8 Å². The summed E-state index contributed by atoms with van der Waals surface area (Å²) in [5.41, 5.74) is 0.828. The van der Waals surface area contributed by atoms with Gasteiger partial charge in [-0.25, -0.2) is 0 Å². The number of hydrogen-bond acceptors (Lipinski definition) is 1. The molecule has 0 spiro atoms. The minimum atomic E-state index is 0.206. The fraction of sp³-hybridized carbons (Fsp3) is 0.417. The number of nitrogens with zero attached hydrogens (tertiary/aromatic N) is 1. The van der Waals surface area contributed by atoms with Gasteiger partial charge in [0.15, 0.2) is 0 Å². The molecule has 14 heavy (non-hydrogen) atoms. The van der Waals surface area contributed by atoms with E-state index in [0.717, 1.165) is 30.5 Å². The van der Waals surface area contributed by atoms with Crippen LogP contribution in [0.3, 0.4) is 0 Å². The molecule has 0 aromatic heterocycles. The second-order valence-electron chi connectivity index (χ2n) is 4.33. The molecule has 1 saturated carbocycles. The van der Waals surface area contributed by atoms with E-state index in [1.54, 1.807) is 0 Å². The van der Waals surface area contributed by atoms with Gasteiger partial charge in [0.2, 0.25) is 0 Å². The molecule has 3 rings (SSSR count). The van der Waals surface area contributed by atoms with E-state index in [0.29, 0.717) is 0 Å². The Morgan fingerprint density at radius 3 is 2.43 bits per heavy atom. The van der Waals surface area contributed by atoms with Crippen molar-refractivity contribution < 1.29 is 4.79 Å². The van der Waals surface area contributed by atoms with Crippen molar-refractivity contribution in [1.82, 2.24) is 4.90 Å². The number of amides is 1. The van der Waals surface area contributed by atoms with Gasteiger partial charge in [0.1, 0.15) is 0 Å². The van der Waals surface area contributed by atoms with E-state index < -0.39 is 0 Å². The highest BCUT2D eigenvalue weighted by Gasteiger charge is 2.46. The van der Waals surface area contributed by atoms with E-state index in [1.165, 1.54) is 6.42 Å². The molecule has 2 heteroatoms. The molecule has 1 aromatic carbocycles. The zero-order chi connectivity index (χ0) is 9.54. The molecule has 0 bridgehead atoms. The van der Waals surface area contributed by atoms with Gasteiger partial charge in [0.05, 0.1) is 0 Å². The van der Waals surface area contributed by atoms with Crippen molar-refractivity contribution >= 4 is 5.91 Å². The van der Waals surface area contributed by atoms with Gasteiger partial charge in [-0.3, -0.25) is 4.79 Å². The molecule has 0 radical (unpaired) electrons. The molecule has 2 unspecified atom stereocenters. The zero-order valence-corrected chi connectivity index (χ0v) is 8.02. The summed E-state index contributed by atoms with van der Waals surface area (Å²) in [6.45, 7) is 1.97. The summed E-state index contributed by atoms with van der Waals surface area (Å²) in [5, 5.41) is 0. The first kappa shape index (κ1) is 8.04. The molecule has 1 amide bonds. The normalized spacial score (nSPS) is 28.7. The second-order valence-corrected chi connectivity index (χ2v) is 4.33. The number of hydrogen-bond donors (Lipinski definition) is 0. The van der Waals surface area contributed by atoms with Gasteiger partial charge in [-0.1, -0.05) is 18.2 Å². The van der Waals surface area contributed by atoms with Crippen LogP contribution >= 0.6 is 0 Å². The average molecular weight is 187 g/mol. The third-order valence-electron chi connectivity index (χ3n) is 3.29. The number of likely N-dealkylation sites (tertiary alicyclic amines) is 1. The maximum atomic E-state index is 11.9. The van der Waals surface area contributed by atoms with E-state index >= 15 is 0 Å². The van der Waals surface area contributed by atoms with Crippen LogP contribution < -0.4 is 0 Å². The van der Waals surface area contributed by atoms with Crippen LogP contribution in [0.15, 0.2) is 30.3 Å². The minimum Gasteiger partial charge on any atom is -0.338 e. The summed E-state index contributed by atoms with van der Waals surface area (Å²) in [5.74, 6) is 1.85. The number of rotatable bonds is 1. The van der Waals surface area contributed by atoms with Gasteiger partial charge in [-0.15, -0.1) is 0 Å². The molecule has 2 aliphatic rings. The highest BCUT2D eigenvalue weighted by molar-refractivity contribution is 5.94. The summed E-state index contributed by atoms with van der Waals surface area (Å²) in [6.07, 6.45) is 1.35. The van der Waals surface area contributed by atoms with E-state index in [-0.39, 0.29) is 5.91 Å². The monoisotopic (exact) mass is 187 g/mol. The maximum absolute atomic E-state index is 11.9. The fourth-order valence-electron chi connectivity index (χ4n) is 2.33. The topological polar surface area (TPSA) is 20.3 Å². The second kappa shape index (κ2) is 2.84.